The van der Waals surface area contributed by atoms with Gasteiger partial charge in [-0.1, -0.05) is 0 Å². The number of amides is 1. The minimum Gasteiger partial charge on any atom is -0.454 e. The summed E-state index contributed by atoms with van der Waals surface area (Å²) in [6.45, 7) is 2.03. The van der Waals surface area contributed by atoms with Gasteiger partial charge in [0.25, 0.3) is 5.91 Å². The van der Waals surface area contributed by atoms with Crippen LogP contribution in [0.15, 0.2) is 18.2 Å². The highest BCUT2D eigenvalue weighted by molar-refractivity contribution is 5.94. The number of fused-ring (bicyclic) bond motifs is 1. The van der Waals surface area contributed by atoms with Crippen LogP contribution in [-0.2, 0) is 0 Å². The molecule has 102 valence electrons. The quantitative estimate of drug-likeness (QED) is 0.858. The smallest absolute Gasteiger partial charge is 0.251 e. The van der Waals surface area contributed by atoms with Crippen molar-refractivity contribution in [1.29, 1.82) is 0 Å². The van der Waals surface area contributed by atoms with E-state index in [1.54, 1.807) is 18.2 Å². The molecule has 0 saturated carbocycles. The molecule has 0 bridgehead atoms. The highest BCUT2D eigenvalue weighted by atomic mass is 16.7. The molecule has 2 N–H and O–H groups in total. The molecule has 1 atom stereocenters. The van der Waals surface area contributed by atoms with Gasteiger partial charge in [-0.2, -0.15) is 0 Å². The summed E-state index contributed by atoms with van der Waals surface area (Å²) in [4.78, 5) is 12.0. The number of benzene rings is 1. The lowest BCUT2D eigenvalue weighted by Gasteiger charge is -2.10. The molecule has 0 unspecified atom stereocenters. The summed E-state index contributed by atoms with van der Waals surface area (Å²) in [6.07, 6.45) is 3.43. The van der Waals surface area contributed by atoms with E-state index in [4.69, 9.17) is 9.47 Å². The minimum absolute atomic E-state index is 0.0590. The maximum atomic E-state index is 12.0. The van der Waals surface area contributed by atoms with Crippen LogP contribution >= 0.6 is 0 Å². The maximum absolute atomic E-state index is 12.0. The number of carbonyl (C=O) groups excluding carboxylic acids is 1. The van der Waals surface area contributed by atoms with Gasteiger partial charge >= 0.3 is 0 Å². The standard InChI is InChI=1S/C14H18N2O3/c17-14(16-7-5-11-2-1-6-15-11)10-3-4-12-13(8-10)19-9-18-12/h3-4,8,11,15H,1-2,5-7,9H2,(H,16,17)/t11-/m0/s1. The van der Waals surface area contributed by atoms with Crippen molar-refractivity contribution in [2.24, 2.45) is 0 Å². The van der Waals surface area contributed by atoms with Gasteiger partial charge < -0.3 is 20.1 Å². The van der Waals surface area contributed by atoms with Gasteiger partial charge in [0.2, 0.25) is 6.79 Å². The number of hydrogen-bond acceptors (Lipinski definition) is 4. The van der Waals surface area contributed by atoms with Gasteiger partial charge in [0.15, 0.2) is 11.5 Å². The molecule has 2 heterocycles. The minimum atomic E-state index is -0.0590. The average molecular weight is 262 g/mol. The highest BCUT2D eigenvalue weighted by Crippen LogP contribution is 2.32. The van der Waals surface area contributed by atoms with E-state index in [1.807, 2.05) is 0 Å². The Morgan fingerprint density at radius 1 is 1.37 bits per heavy atom. The molecule has 0 radical (unpaired) electrons. The van der Waals surface area contributed by atoms with Crippen molar-refractivity contribution in [3.05, 3.63) is 23.8 Å². The van der Waals surface area contributed by atoms with Crippen LogP contribution in [-0.4, -0.2) is 31.8 Å². The normalized spacial score (nSPS) is 20.5. The number of ether oxygens (including phenoxy) is 2. The van der Waals surface area contributed by atoms with Crippen LogP contribution in [0.2, 0.25) is 0 Å². The maximum Gasteiger partial charge on any atom is 0.251 e. The van der Waals surface area contributed by atoms with Crippen molar-refractivity contribution < 1.29 is 14.3 Å². The molecular weight excluding hydrogens is 244 g/mol. The topological polar surface area (TPSA) is 59.6 Å². The molecule has 5 nitrogen and oxygen atoms in total. The molecule has 1 aromatic rings. The van der Waals surface area contributed by atoms with E-state index in [9.17, 15) is 4.79 Å². The molecule has 0 spiro atoms. The summed E-state index contributed by atoms with van der Waals surface area (Å²) in [5, 5.41) is 6.36. The van der Waals surface area contributed by atoms with Crippen LogP contribution in [0.25, 0.3) is 0 Å². The summed E-state index contributed by atoms with van der Waals surface area (Å²) in [6, 6.07) is 5.81. The summed E-state index contributed by atoms with van der Waals surface area (Å²) < 4.78 is 10.5. The monoisotopic (exact) mass is 262 g/mol. The van der Waals surface area contributed by atoms with E-state index in [-0.39, 0.29) is 12.7 Å². The van der Waals surface area contributed by atoms with Gasteiger partial charge in [-0.3, -0.25) is 4.79 Å². The van der Waals surface area contributed by atoms with Crippen LogP contribution in [0.5, 0.6) is 11.5 Å². The van der Waals surface area contributed by atoms with Crippen molar-refractivity contribution >= 4 is 5.91 Å². The van der Waals surface area contributed by atoms with Gasteiger partial charge in [-0.25, -0.2) is 0 Å². The zero-order valence-electron chi connectivity index (χ0n) is 10.8. The molecular formula is C14H18N2O3. The fourth-order valence-corrected chi connectivity index (χ4v) is 2.50. The van der Waals surface area contributed by atoms with Gasteiger partial charge in [0, 0.05) is 18.2 Å². The Kier molecular flexibility index (Phi) is 3.55. The zero-order valence-corrected chi connectivity index (χ0v) is 10.8. The first kappa shape index (κ1) is 12.3. The third-order valence-corrected chi connectivity index (χ3v) is 3.58. The molecule has 1 amide bonds. The third kappa shape index (κ3) is 2.81. The van der Waals surface area contributed by atoms with Crippen molar-refractivity contribution in [1.82, 2.24) is 10.6 Å². The average Bonchev–Trinajstić information content (AvgIpc) is 3.08. The molecule has 2 aliphatic rings. The molecule has 2 aliphatic heterocycles. The van der Waals surface area contributed by atoms with Crippen LogP contribution in [0.3, 0.4) is 0 Å². The summed E-state index contributed by atoms with van der Waals surface area (Å²) in [7, 11) is 0. The van der Waals surface area contributed by atoms with E-state index in [0.29, 0.717) is 29.6 Å². The Balaban J connectivity index is 1.52. The van der Waals surface area contributed by atoms with E-state index in [2.05, 4.69) is 10.6 Å². The van der Waals surface area contributed by atoms with Crippen molar-refractivity contribution in [3.63, 3.8) is 0 Å². The van der Waals surface area contributed by atoms with E-state index in [0.717, 1.165) is 13.0 Å². The Bertz CT molecular complexity index is 470. The van der Waals surface area contributed by atoms with Crippen LogP contribution in [0.4, 0.5) is 0 Å². The largest absolute Gasteiger partial charge is 0.454 e. The lowest BCUT2D eigenvalue weighted by atomic mass is 10.1. The van der Waals surface area contributed by atoms with Crippen molar-refractivity contribution in [2.75, 3.05) is 19.9 Å². The second kappa shape index (κ2) is 5.48. The molecule has 5 heteroatoms. The van der Waals surface area contributed by atoms with Gasteiger partial charge in [0.05, 0.1) is 0 Å². The molecule has 1 saturated heterocycles. The molecule has 0 aromatic heterocycles. The first-order chi connectivity index (χ1) is 9.33. The molecule has 1 fully saturated rings. The predicted molar refractivity (Wildman–Crippen MR) is 70.5 cm³/mol. The van der Waals surface area contributed by atoms with Crippen LogP contribution < -0.4 is 20.1 Å². The van der Waals surface area contributed by atoms with Gasteiger partial charge in [-0.05, 0) is 44.0 Å². The predicted octanol–water partition coefficient (Wildman–Crippen LogP) is 1.29. The summed E-state index contributed by atoms with van der Waals surface area (Å²) in [5.41, 5.74) is 0.614. The number of nitrogens with one attached hydrogen (secondary N) is 2. The second-order valence-electron chi connectivity index (χ2n) is 4.91. The fourth-order valence-electron chi connectivity index (χ4n) is 2.50. The number of rotatable bonds is 4. The molecule has 1 aromatic carbocycles. The van der Waals surface area contributed by atoms with E-state index >= 15 is 0 Å². The fraction of sp³-hybridized carbons (Fsp3) is 0.500. The Morgan fingerprint density at radius 2 is 2.26 bits per heavy atom. The van der Waals surface area contributed by atoms with E-state index < -0.39 is 0 Å². The Morgan fingerprint density at radius 3 is 3.11 bits per heavy atom. The number of carbonyl (C=O) groups is 1. The molecule has 0 aliphatic carbocycles. The summed E-state index contributed by atoms with van der Waals surface area (Å²) >= 11 is 0. The van der Waals surface area contributed by atoms with Crippen LogP contribution in [0, 0.1) is 0 Å². The lowest BCUT2D eigenvalue weighted by molar-refractivity contribution is 0.0952. The zero-order chi connectivity index (χ0) is 13.1. The lowest BCUT2D eigenvalue weighted by Crippen LogP contribution is -2.30. The van der Waals surface area contributed by atoms with Crippen molar-refractivity contribution in [3.8, 4) is 11.5 Å². The van der Waals surface area contributed by atoms with E-state index in [1.165, 1.54) is 12.8 Å². The Hall–Kier alpha value is -1.75. The first-order valence-corrected chi connectivity index (χ1v) is 6.74. The SMILES string of the molecule is O=C(NCC[C@@H]1CCCN1)c1ccc2c(c1)OCO2. The highest BCUT2D eigenvalue weighted by Gasteiger charge is 2.17. The molecule has 3 rings (SSSR count). The van der Waals surface area contributed by atoms with Gasteiger partial charge in [-0.15, -0.1) is 0 Å². The number of hydrogen-bond donors (Lipinski definition) is 2. The van der Waals surface area contributed by atoms with Crippen molar-refractivity contribution in [2.45, 2.75) is 25.3 Å². The second-order valence-corrected chi connectivity index (χ2v) is 4.91. The van der Waals surface area contributed by atoms with Gasteiger partial charge in [0.1, 0.15) is 0 Å². The molecule has 19 heavy (non-hydrogen) atoms. The summed E-state index contributed by atoms with van der Waals surface area (Å²) in [5.74, 6) is 1.29. The first-order valence-electron chi connectivity index (χ1n) is 6.74. The van der Waals surface area contributed by atoms with Crippen LogP contribution in [0.1, 0.15) is 29.6 Å². The third-order valence-electron chi connectivity index (χ3n) is 3.58. The Labute approximate surface area is 112 Å².